The summed E-state index contributed by atoms with van der Waals surface area (Å²) in [5.74, 6) is 1.94. The lowest BCUT2D eigenvalue weighted by Gasteiger charge is -2.24. The third kappa shape index (κ3) is 5.36. The van der Waals surface area contributed by atoms with Crippen LogP contribution in [0.3, 0.4) is 0 Å². The molecule has 1 aliphatic carbocycles. The van der Waals surface area contributed by atoms with Crippen LogP contribution in [0.1, 0.15) is 39.5 Å². The number of rotatable bonds is 7. The zero-order chi connectivity index (χ0) is 15.1. The van der Waals surface area contributed by atoms with Crippen LogP contribution in [0.2, 0.25) is 0 Å². The van der Waals surface area contributed by atoms with E-state index in [1.165, 1.54) is 37.5 Å². The van der Waals surface area contributed by atoms with E-state index in [0.717, 1.165) is 23.9 Å². The van der Waals surface area contributed by atoms with Gasteiger partial charge in [0.15, 0.2) is 0 Å². The highest BCUT2D eigenvalue weighted by Gasteiger charge is 2.24. The summed E-state index contributed by atoms with van der Waals surface area (Å²) in [7, 11) is 0. The average Bonchev–Trinajstić information content (AvgIpc) is 2.98. The molecule has 21 heavy (non-hydrogen) atoms. The van der Waals surface area contributed by atoms with Crippen molar-refractivity contribution in [2.24, 2.45) is 5.92 Å². The van der Waals surface area contributed by atoms with Crippen molar-refractivity contribution in [2.75, 3.05) is 17.6 Å². The molecule has 1 unspecified atom stereocenters. The molecule has 3 nitrogen and oxygen atoms in total. The fourth-order valence-corrected chi connectivity index (χ4v) is 4.10. The first-order valence-corrected chi connectivity index (χ1v) is 8.91. The average molecular weight is 306 g/mol. The second-order valence-corrected chi connectivity index (χ2v) is 6.82. The Hall–Kier alpha value is -1.00. The van der Waals surface area contributed by atoms with Crippen molar-refractivity contribution in [2.45, 2.75) is 50.5 Å². The summed E-state index contributed by atoms with van der Waals surface area (Å²) in [5, 5.41) is 6.46. The minimum atomic E-state index is -0.0242. The van der Waals surface area contributed by atoms with Crippen LogP contribution in [0.15, 0.2) is 29.2 Å². The van der Waals surface area contributed by atoms with E-state index in [9.17, 15) is 4.79 Å². The van der Waals surface area contributed by atoms with Crippen LogP contribution in [-0.2, 0) is 4.79 Å². The minimum absolute atomic E-state index is 0.0242. The zero-order valence-electron chi connectivity index (χ0n) is 13.0. The van der Waals surface area contributed by atoms with Crippen molar-refractivity contribution in [1.82, 2.24) is 5.32 Å². The summed E-state index contributed by atoms with van der Waals surface area (Å²) in [6.07, 6.45) is 5.53. The first-order valence-electron chi connectivity index (χ1n) is 7.93. The van der Waals surface area contributed by atoms with Crippen LogP contribution in [0.5, 0.6) is 0 Å². The highest BCUT2D eigenvalue weighted by Crippen LogP contribution is 2.31. The number of carbonyl (C=O) groups is 1. The Morgan fingerprint density at radius 3 is 2.52 bits per heavy atom. The Bertz CT molecular complexity index is 441. The molecule has 1 fully saturated rings. The maximum absolute atomic E-state index is 11.0. The molecule has 1 saturated carbocycles. The number of hydrogen-bond donors (Lipinski definition) is 2. The molecule has 2 rings (SSSR count). The van der Waals surface area contributed by atoms with E-state index in [1.54, 1.807) is 0 Å². The first kappa shape index (κ1) is 16.4. The summed E-state index contributed by atoms with van der Waals surface area (Å²) in [6.45, 7) is 4.77. The van der Waals surface area contributed by atoms with Crippen LogP contribution >= 0.6 is 11.8 Å². The van der Waals surface area contributed by atoms with Gasteiger partial charge in [0, 0.05) is 29.3 Å². The minimum Gasteiger partial charge on any atom is -0.326 e. The third-order valence-corrected chi connectivity index (χ3v) is 5.17. The molecule has 0 aliphatic heterocycles. The summed E-state index contributed by atoms with van der Waals surface area (Å²) < 4.78 is 0. The lowest BCUT2D eigenvalue weighted by atomic mass is 10.00. The molecule has 0 bridgehead atoms. The molecule has 1 aromatic rings. The normalized spacial score (nSPS) is 16.9. The maximum atomic E-state index is 11.0. The van der Waals surface area contributed by atoms with Gasteiger partial charge in [-0.05, 0) is 49.6 Å². The van der Waals surface area contributed by atoms with Gasteiger partial charge < -0.3 is 10.6 Å². The quantitative estimate of drug-likeness (QED) is 0.751. The molecule has 116 valence electrons. The molecule has 4 heteroatoms. The number of amides is 1. The summed E-state index contributed by atoms with van der Waals surface area (Å²) in [5.41, 5.74) is 0.867. The Kier molecular flexibility index (Phi) is 6.58. The number of hydrogen-bond acceptors (Lipinski definition) is 3. The predicted octanol–water partition coefficient (Wildman–Crippen LogP) is 3.91. The fraction of sp³-hybridized carbons (Fsp3) is 0.588. The van der Waals surface area contributed by atoms with E-state index in [-0.39, 0.29) is 5.91 Å². The van der Waals surface area contributed by atoms with Crippen LogP contribution in [0.4, 0.5) is 5.69 Å². The van der Waals surface area contributed by atoms with Gasteiger partial charge in [-0.2, -0.15) is 0 Å². The second-order valence-electron chi connectivity index (χ2n) is 5.73. The molecule has 1 amide bonds. The Labute approximate surface area is 132 Å². The van der Waals surface area contributed by atoms with Crippen molar-refractivity contribution < 1.29 is 4.79 Å². The van der Waals surface area contributed by atoms with Gasteiger partial charge >= 0.3 is 0 Å². The topological polar surface area (TPSA) is 41.1 Å². The van der Waals surface area contributed by atoms with Gasteiger partial charge in [0.05, 0.1) is 0 Å². The van der Waals surface area contributed by atoms with Gasteiger partial charge in [-0.15, -0.1) is 11.8 Å². The van der Waals surface area contributed by atoms with E-state index >= 15 is 0 Å². The van der Waals surface area contributed by atoms with Crippen molar-refractivity contribution in [1.29, 1.82) is 0 Å². The molecule has 0 aromatic heterocycles. The largest absolute Gasteiger partial charge is 0.326 e. The maximum Gasteiger partial charge on any atom is 0.221 e. The molecule has 0 heterocycles. The van der Waals surface area contributed by atoms with Gasteiger partial charge in [0.25, 0.3) is 0 Å². The molecular weight excluding hydrogens is 280 g/mol. The number of benzene rings is 1. The lowest BCUT2D eigenvalue weighted by molar-refractivity contribution is -0.114. The highest BCUT2D eigenvalue weighted by atomic mass is 32.2. The third-order valence-electron chi connectivity index (χ3n) is 4.04. The Balaban J connectivity index is 1.86. The second kappa shape index (κ2) is 8.44. The molecule has 1 aromatic carbocycles. The molecule has 2 N–H and O–H groups in total. The summed E-state index contributed by atoms with van der Waals surface area (Å²) in [4.78, 5) is 12.3. The van der Waals surface area contributed by atoms with E-state index in [1.807, 2.05) is 23.9 Å². The predicted molar refractivity (Wildman–Crippen MR) is 90.9 cm³/mol. The van der Waals surface area contributed by atoms with Crippen LogP contribution in [-0.4, -0.2) is 24.2 Å². The number of thioether (sulfide) groups is 1. The molecular formula is C17H26N2OS. The van der Waals surface area contributed by atoms with E-state index < -0.39 is 0 Å². The van der Waals surface area contributed by atoms with Crippen molar-refractivity contribution in [3.8, 4) is 0 Å². The summed E-state index contributed by atoms with van der Waals surface area (Å²) >= 11 is 1.91. The zero-order valence-corrected chi connectivity index (χ0v) is 13.8. The number of nitrogens with one attached hydrogen (secondary N) is 2. The standard InChI is InChI=1S/C17H26N2OS/c1-3-18-17(14-6-4-5-7-14)12-21-16-10-8-15(9-11-16)19-13(2)20/h8-11,14,17-18H,3-7,12H2,1-2H3,(H,19,20). The Morgan fingerprint density at radius 2 is 1.95 bits per heavy atom. The van der Waals surface area contributed by atoms with Crippen molar-refractivity contribution in [3.63, 3.8) is 0 Å². The molecule has 0 radical (unpaired) electrons. The first-order chi connectivity index (χ1) is 10.2. The van der Waals surface area contributed by atoms with Gasteiger partial charge in [-0.25, -0.2) is 0 Å². The van der Waals surface area contributed by atoms with Crippen molar-refractivity contribution in [3.05, 3.63) is 24.3 Å². The van der Waals surface area contributed by atoms with E-state index in [4.69, 9.17) is 0 Å². The van der Waals surface area contributed by atoms with Gasteiger partial charge in [0.1, 0.15) is 0 Å². The monoisotopic (exact) mass is 306 g/mol. The molecule has 1 aliphatic rings. The van der Waals surface area contributed by atoms with E-state index in [2.05, 4.69) is 29.7 Å². The number of carbonyl (C=O) groups excluding carboxylic acids is 1. The highest BCUT2D eigenvalue weighted by molar-refractivity contribution is 7.99. The SMILES string of the molecule is CCNC(CSc1ccc(NC(C)=O)cc1)C1CCCC1. The Morgan fingerprint density at radius 1 is 1.29 bits per heavy atom. The summed E-state index contributed by atoms with van der Waals surface area (Å²) in [6, 6.07) is 8.75. The van der Waals surface area contributed by atoms with Crippen LogP contribution in [0.25, 0.3) is 0 Å². The smallest absolute Gasteiger partial charge is 0.221 e. The van der Waals surface area contributed by atoms with Crippen molar-refractivity contribution >= 4 is 23.4 Å². The van der Waals surface area contributed by atoms with Crippen LogP contribution in [0, 0.1) is 5.92 Å². The molecule has 0 saturated heterocycles. The van der Waals surface area contributed by atoms with Gasteiger partial charge in [0.2, 0.25) is 5.91 Å². The molecule has 1 atom stereocenters. The van der Waals surface area contributed by atoms with Gasteiger partial charge in [-0.3, -0.25) is 4.79 Å². The number of anilines is 1. The lowest BCUT2D eigenvalue weighted by Crippen LogP contribution is -2.37. The molecule has 0 spiro atoms. The van der Waals surface area contributed by atoms with E-state index in [0.29, 0.717) is 6.04 Å². The van der Waals surface area contributed by atoms with Crippen LogP contribution < -0.4 is 10.6 Å². The van der Waals surface area contributed by atoms with Gasteiger partial charge in [-0.1, -0.05) is 19.8 Å². The fourth-order valence-electron chi connectivity index (χ4n) is 3.01.